The van der Waals surface area contributed by atoms with E-state index in [4.69, 9.17) is 60.3 Å². The molecule has 0 fully saturated rings. The largest absolute Gasteiger partial charge is 1.00 e. The Morgan fingerprint density at radius 1 is 0.278 bits per heavy atom. The zero-order valence-electron chi connectivity index (χ0n) is 9.21. The van der Waals surface area contributed by atoms with E-state index >= 15 is 0 Å². The van der Waals surface area contributed by atoms with Crippen LogP contribution in [-0.4, -0.2) is 29.3 Å². The van der Waals surface area contributed by atoms with Crippen molar-refractivity contribution in [3.8, 4) is 0 Å². The molecule has 0 aromatic rings. The second kappa shape index (κ2) is 31.3. The Kier molecular flexibility index (Phi) is 63.8. The van der Waals surface area contributed by atoms with Crippen molar-refractivity contribution in [1.82, 2.24) is 0 Å². The normalized spacial score (nSPS) is 6.00. The van der Waals surface area contributed by atoms with Crippen molar-refractivity contribution in [2.75, 3.05) is 0 Å². The summed E-state index contributed by atoms with van der Waals surface area (Å²) in [5.41, 5.74) is 0. The quantitative estimate of drug-likeness (QED) is 0.373. The topological polar surface area (TPSA) is 277 Å². The molecule has 0 atom stereocenters. The molecule has 0 radical (unpaired) electrons. The maximum Gasteiger partial charge on any atom is 1.00 e. The summed E-state index contributed by atoms with van der Waals surface area (Å²) in [5.74, 6) is 0. The maximum absolute atomic E-state index is 8.42. The molecule has 0 amide bonds. The van der Waals surface area contributed by atoms with Gasteiger partial charge in [-0.05, 0) is 0 Å². The van der Waals surface area contributed by atoms with Crippen LogP contribution in [0.25, 0.3) is 0 Å². The minimum atomic E-state index is -2.92. The Labute approximate surface area is 147 Å². The van der Waals surface area contributed by atoms with E-state index in [1.54, 1.807) is 0 Å². The molecule has 0 bridgehead atoms. The summed E-state index contributed by atoms with van der Waals surface area (Å²) >= 11 is 0. The van der Waals surface area contributed by atoms with Crippen LogP contribution >= 0.6 is 0 Å². The fourth-order valence-electron chi connectivity index (χ4n) is 0. The van der Waals surface area contributed by atoms with Gasteiger partial charge in [-0.15, -0.1) is 0 Å². The predicted octanol–water partition coefficient (Wildman–Crippen LogP) is -21.8. The van der Waals surface area contributed by atoms with Gasteiger partial charge in [-0.2, -0.15) is 0 Å². The first-order valence-electron chi connectivity index (χ1n) is 2.83. The van der Waals surface area contributed by atoms with Crippen LogP contribution < -0.4 is 119 Å². The van der Waals surface area contributed by atoms with E-state index in [1.165, 1.54) is 0 Å². The summed E-state index contributed by atoms with van der Waals surface area (Å²) in [6.07, 6.45) is 0. The summed E-state index contributed by atoms with van der Waals surface area (Å²) in [6.45, 7) is 0. The first-order chi connectivity index (χ1) is 6.93. The molecule has 0 aliphatic rings. The van der Waals surface area contributed by atoms with Crippen molar-refractivity contribution >= 4 is 29.3 Å². The Balaban J connectivity index is -0.0000000257. The van der Waals surface area contributed by atoms with Crippen molar-refractivity contribution in [2.45, 2.75) is 0 Å². The van der Waals surface area contributed by atoms with Crippen LogP contribution in [-0.2, 0) is 0 Å². The van der Waals surface area contributed by atoms with Gasteiger partial charge in [-0.1, -0.05) is 0 Å². The van der Waals surface area contributed by atoms with Gasteiger partial charge in [0.2, 0.25) is 0 Å². The minimum absolute atomic E-state index is 0. The van der Waals surface area contributed by atoms with Gasteiger partial charge in [0.25, 0.3) is 0 Å². The third-order valence-electron chi connectivity index (χ3n) is 0. The fourth-order valence-corrected chi connectivity index (χ4v) is 0. The van der Waals surface area contributed by atoms with Gasteiger partial charge in [-0.3, -0.25) is 29.3 Å². The van der Waals surface area contributed by atoms with Crippen molar-refractivity contribution in [3.63, 3.8) is 0 Å². The van der Waals surface area contributed by atoms with Gasteiger partial charge >= 0.3 is 59.1 Å². The molecule has 0 saturated heterocycles. The van der Waals surface area contributed by atoms with Crippen molar-refractivity contribution in [1.29, 1.82) is 0 Å². The Hall–Kier alpha value is 1.78. The molecule has 0 aromatic carbocycles. The summed E-state index contributed by atoms with van der Waals surface area (Å²) in [7, 11) is -11.7. The average Bonchev–Trinajstić information content (AvgIpc) is 1.76. The van der Waals surface area contributed by atoms with Crippen molar-refractivity contribution < 1.29 is 119 Å². The molecule has 0 unspecified atom stereocenters. The molecule has 0 aromatic heterocycles. The average molecular weight is 281 g/mol. The fraction of sp³-hybridized carbons (Fsp3) is 0. The van der Waals surface area contributed by atoms with E-state index in [0.29, 0.717) is 0 Å². The molecule has 0 aliphatic heterocycles. The van der Waals surface area contributed by atoms with E-state index in [2.05, 4.69) is 0 Å². The second-order valence-corrected chi connectivity index (χ2v) is 1.15. The van der Waals surface area contributed by atoms with E-state index in [9.17, 15) is 0 Å². The smallest absolute Gasteiger partial charge is 0.907 e. The monoisotopic (exact) mass is 282 g/mol. The predicted molar refractivity (Wildman–Crippen MR) is 23.0 cm³/mol. The van der Waals surface area contributed by atoms with E-state index in [1.807, 2.05) is 0 Å². The molecule has 0 rings (SSSR count). The molecule has 0 heterocycles. The number of hydrogen-bond donors (Lipinski definition) is 0. The van der Waals surface area contributed by atoms with Crippen LogP contribution in [0.3, 0.4) is 0 Å². The van der Waals surface area contributed by atoms with Crippen LogP contribution in [0.15, 0.2) is 0 Å². The number of hydrogen-bond acceptors (Lipinski definition) is 12. The third kappa shape index (κ3) is 1580. The van der Waals surface area contributed by atoms with Crippen LogP contribution in [0.5, 0.6) is 0 Å². The van der Waals surface area contributed by atoms with Crippen molar-refractivity contribution in [2.24, 2.45) is 0 Å². The van der Waals surface area contributed by atoms with E-state index < -0.39 is 29.3 Å². The van der Waals surface area contributed by atoms with Crippen molar-refractivity contribution in [3.05, 3.63) is 0 Å². The van der Waals surface area contributed by atoms with Gasteiger partial charge in [0.15, 0.2) is 0 Å². The molecule has 0 aliphatic carbocycles. The zero-order chi connectivity index (χ0) is 14.3. The van der Waals surface area contributed by atoms with E-state index in [-0.39, 0.29) is 59.1 Å². The van der Waals surface area contributed by atoms with Crippen LogP contribution in [0.4, 0.5) is 0 Å². The Bertz CT molecular complexity index is 65.1. The van der Waals surface area contributed by atoms with Gasteiger partial charge in [-0.25, -0.2) is 0 Å². The van der Waals surface area contributed by atoms with Crippen LogP contribution in [0.1, 0.15) is 0 Å². The van der Waals surface area contributed by atoms with Gasteiger partial charge in [0, 0.05) is 0 Å². The van der Waals surface area contributed by atoms with Crippen LogP contribution in [0, 0.1) is 0 Å². The first kappa shape index (κ1) is 36.7. The van der Waals surface area contributed by atoms with Gasteiger partial charge < -0.3 is 60.3 Å². The first-order valence-corrected chi connectivity index (χ1v) is 2.83. The van der Waals surface area contributed by atoms with Crippen LogP contribution in [0.2, 0.25) is 0 Å². The molecule has 18 heavy (non-hydrogen) atoms. The Morgan fingerprint density at radius 3 is 0.278 bits per heavy atom. The summed E-state index contributed by atoms with van der Waals surface area (Å²) in [5, 5.41) is 101. The molecule has 12 nitrogen and oxygen atoms in total. The summed E-state index contributed by atoms with van der Waals surface area (Å²) in [6, 6.07) is 0. The van der Waals surface area contributed by atoms with Gasteiger partial charge in [0.05, 0.1) is 0 Å². The molecule has 18 heteroatoms. The number of rotatable bonds is 0. The standard InChI is InChI=1S/4BO3.2Na/c4*2-1(3)4;;/q4*-3;2*+1. The zero-order valence-corrected chi connectivity index (χ0v) is 13.2. The maximum atomic E-state index is 8.42. The Morgan fingerprint density at radius 2 is 0.278 bits per heavy atom. The summed E-state index contributed by atoms with van der Waals surface area (Å²) < 4.78 is 0. The van der Waals surface area contributed by atoms with Gasteiger partial charge in [0.1, 0.15) is 0 Å². The molecular weight excluding hydrogens is 281 g/mol. The summed E-state index contributed by atoms with van der Waals surface area (Å²) in [4.78, 5) is 0. The SMILES string of the molecule is [Na+].[Na+].[O-]B([O-])[O-].[O-]B([O-])[O-].[O-]B([O-])[O-].[O-]B([O-])[O-]. The molecule has 0 N–H and O–H groups in total. The molecule has 96 valence electrons. The van der Waals surface area contributed by atoms with E-state index in [0.717, 1.165) is 0 Å². The minimum Gasteiger partial charge on any atom is -0.907 e. The molecule has 0 spiro atoms. The third-order valence-corrected chi connectivity index (χ3v) is 0. The molecule has 0 saturated carbocycles. The second-order valence-electron chi connectivity index (χ2n) is 1.15. The molecular formula is B4Na2O12-10.